The first-order valence-electron chi connectivity index (χ1n) is 10.3. The van der Waals surface area contributed by atoms with Crippen molar-refractivity contribution in [1.29, 1.82) is 0 Å². The topological polar surface area (TPSA) is 158 Å². The van der Waals surface area contributed by atoms with Crippen LogP contribution >= 0.6 is 11.3 Å². The van der Waals surface area contributed by atoms with Crippen LogP contribution < -0.4 is 21.7 Å². The first-order valence-corrected chi connectivity index (χ1v) is 11.1. The molecular weight excluding hydrogens is 432 g/mol. The van der Waals surface area contributed by atoms with Gasteiger partial charge in [0.2, 0.25) is 0 Å². The number of primary amides is 1. The normalized spacial score (nSPS) is 22.0. The van der Waals surface area contributed by atoms with E-state index in [4.69, 9.17) is 10.7 Å². The Labute approximate surface area is 187 Å². The lowest BCUT2D eigenvalue weighted by Crippen LogP contribution is -2.49. The molecule has 12 heteroatoms. The molecule has 166 valence electrons. The minimum atomic E-state index is -0.830. The SMILES string of the molecule is NC(=O)Nc1cnc(Nc2cc3ncccc3c(NC3CC4CCC(C3)N4C(=O)O)n2)s1. The van der Waals surface area contributed by atoms with E-state index in [1.54, 1.807) is 11.1 Å². The van der Waals surface area contributed by atoms with Gasteiger partial charge < -0.3 is 26.4 Å². The molecule has 2 atom stereocenters. The van der Waals surface area contributed by atoms with E-state index in [-0.39, 0.29) is 18.1 Å². The third kappa shape index (κ3) is 3.96. The lowest BCUT2D eigenvalue weighted by atomic mass is 9.97. The molecule has 2 bridgehead atoms. The van der Waals surface area contributed by atoms with Crippen molar-refractivity contribution in [3.63, 3.8) is 0 Å². The lowest BCUT2D eigenvalue weighted by molar-refractivity contribution is 0.0994. The number of rotatable bonds is 5. The second kappa shape index (κ2) is 8.11. The largest absolute Gasteiger partial charge is 0.465 e. The molecular formula is C20H22N8O3S. The fourth-order valence-corrected chi connectivity index (χ4v) is 5.40. The van der Waals surface area contributed by atoms with Gasteiger partial charge in [0, 0.05) is 35.8 Å². The van der Waals surface area contributed by atoms with Crippen molar-refractivity contribution < 1.29 is 14.7 Å². The number of thiazole rings is 1. The van der Waals surface area contributed by atoms with Crippen LogP contribution in [0.4, 0.5) is 31.4 Å². The van der Waals surface area contributed by atoms with Crippen molar-refractivity contribution in [1.82, 2.24) is 19.9 Å². The molecule has 0 aliphatic carbocycles. The Hall–Kier alpha value is -3.67. The van der Waals surface area contributed by atoms with Crippen LogP contribution in [0.2, 0.25) is 0 Å². The van der Waals surface area contributed by atoms with Crippen molar-refractivity contribution in [2.75, 3.05) is 16.0 Å². The number of amides is 3. The van der Waals surface area contributed by atoms with Gasteiger partial charge in [-0.2, -0.15) is 0 Å². The summed E-state index contributed by atoms with van der Waals surface area (Å²) >= 11 is 1.24. The van der Waals surface area contributed by atoms with Crippen molar-refractivity contribution in [3.8, 4) is 0 Å². The molecule has 0 spiro atoms. The summed E-state index contributed by atoms with van der Waals surface area (Å²) in [6.45, 7) is 0. The molecule has 11 nitrogen and oxygen atoms in total. The van der Waals surface area contributed by atoms with Gasteiger partial charge in [0.25, 0.3) is 0 Å². The molecule has 2 aliphatic heterocycles. The van der Waals surface area contributed by atoms with Gasteiger partial charge in [0.05, 0.1) is 11.7 Å². The van der Waals surface area contributed by atoms with Crippen LogP contribution in [-0.2, 0) is 0 Å². The van der Waals surface area contributed by atoms with E-state index >= 15 is 0 Å². The second-order valence-electron chi connectivity index (χ2n) is 7.96. The predicted molar refractivity (Wildman–Crippen MR) is 121 cm³/mol. The Morgan fingerprint density at radius 3 is 2.72 bits per heavy atom. The van der Waals surface area contributed by atoms with Gasteiger partial charge in [0.1, 0.15) is 16.6 Å². The van der Waals surface area contributed by atoms with Crippen molar-refractivity contribution in [2.45, 2.75) is 43.8 Å². The average Bonchev–Trinajstić information content (AvgIpc) is 3.29. The van der Waals surface area contributed by atoms with Crippen LogP contribution in [0.5, 0.6) is 0 Å². The number of nitrogens with one attached hydrogen (secondary N) is 3. The fourth-order valence-electron chi connectivity index (χ4n) is 4.67. The smallest absolute Gasteiger partial charge is 0.407 e. The summed E-state index contributed by atoms with van der Waals surface area (Å²) in [7, 11) is 0. The summed E-state index contributed by atoms with van der Waals surface area (Å²) in [5.74, 6) is 1.25. The minimum Gasteiger partial charge on any atom is -0.465 e. The van der Waals surface area contributed by atoms with Crippen LogP contribution in [-0.4, -0.2) is 55.2 Å². The number of nitrogens with zero attached hydrogens (tertiary/aromatic N) is 4. The van der Waals surface area contributed by atoms with Gasteiger partial charge in [-0.15, -0.1) is 0 Å². The average molecular weight is 455 g/mol. The molecule has 2 saturated heterocycles. The summed E-state index contributed by atoms with van der Waals surface area (Å²) < 4.78 is 0. The molecule has 2 aliphatic rings. The summed E-state index contributed by atoms with van der Waals surface area (Å²) in [6, 6.07) is 5.22. The van der Waals surface area contributed by atoms with Crippen LogP contribution in [0.25, 0.3) is 10.9 Å². The van der Waals surface area contributed by atoms with Crippen LogP contribution in [0, 0.1) is 0 Å². The Bertz CT molecular complexity index is 1170. The second-order valence-corrected chi connectivity index (χ2v) is 8.99. The van der Waals surface area contributed by atoms with Gasteiger partial charge in [0.15, 0.2) is 5.13 Å². The van der Waals surface area contributed by atoms with E-state index in [0.29, 0.717) is 21.8 Å². The Morgan fingerprint density at radius 1 is 1.22 bits per heavy atom. The first kappa shape index (κ1) is 20.2. The predicted octanol–water partition coefficient (Wildman–Crippen LogP) is 3.41. The highest BCUT2D eigenvalue weighted by Gasteiger charge is 2.43. The molecule has 0 aromatic carbocycles. The van der Waals surface area contributed by atoms with Crippen LogP contribution in [0.3, 0.4) is 0 Å². The quantitative estimate of drug-likeness (QED) is 0.392. The number of carboxylic acid groups (broad SMARTS) is 1. The number of urea groups is 1. The van der Waals surface area contributed by atoms with Gasteiger partial charge >= 0.3 is 12.1 Å². The number of pyridine rings is 2. The van der Waals surface area contributed by atoms with E-state index < -0.39 is 12.1 Å². The molecule has 3 amide bonds. The van der Waals surface area contributed by atoms with Crippen LogP contribution in [0.1, 0.15) is 25.7 Å². The maximum absolute atomic E-state index is 11.6. The molecule has 0 saturated carbocycles. The van der Waals surface area contributed by atoms with Gasteiger partial charge in [-0.1, -0.05) is 11.3 Å². The molecule has 5 heterocycles. The molecule has 32 heavy (non-hydrogen) atoms. The fraction of sp³-hybridized carbons (Fsp3) is 0.350. The molecule has 3 aromatic heterocycles. The Morgan fingerprint density at radius 2 is 2.00 bits per heavy atom. The minimum absolute atomic E-state index is 0.0425. The van der Waals surface area contributed by atoms with Crippen molar-refractivity contribution >= 4 is 56.1 Å². The van der Waals surface area contributed by atoms with Gasteiger partial charge in [-0.25, -0.2) is 19.6 Å². The van der Waals surface area contributed by atoms with Crippen molar-refractivity contribution in [2.24, 2.45) is 5.73 Å². The molecule has 3 aromatic rings. The summed E-state index contributed by atoms with van der Waals surface area (Å²) in [5.41, 5.74) is 5.92. The molecule has 5 rings (SSSR count). The first-order chi connectivity index (χ1) is 15.5. The van der Waals surface area contributed by atoms with Gasteiger partial charge in [-0.3, -0.25) is 10.3 Å². The van der Waals surface area contributed by atoms with Crippen molar-refractivity contribution in [3.05, 3.63) is 30.6 Å². The monoisotopic (exact) mass is 454 g/mol. The molecule has 6 N–H and O–H groups in total. The lowest BCUT2D eigenvalue weighted by Gasteiger charge is -2.37. The number of anilines is 4. The van der Waals surface area contributed by atoms with E-state index in [0.717, 1.165) is 36.6 Å². The Kier molecular flexibility index (Phi) is 5.13. The number of hydrogen-bond acceptors (Lipinski definition) is 8. The number of aromatic nitrogens is 3. The Balaban J connectivity index is 1.39. The van der Waals surface area contributed by atoms with E-state index in [2.05, 4.69) is 25.9 Å². The van der Waals surface area contributed by atoms with E-state index in [1.807, 2.05) is 18.2 Å². The molecule has 0 radical (unpaired) electrons. The number of hydrogen-bond donors (Lipinski definition) is 5. The zero-order chi connectivity index (χ0) is 22.2. The zero-order valence-electron chi connectivity index (χ0n) is 17.0. The highest BCUT2D eigenvalue weighted by molar-refractivity contribution is 7.19. The number of nitrogens with two attached hydrogens (primary N) is 1. The van der Waals surface area contributed by atoms with E-state index in [9.17, 15) is 14.7 Å². The standard InChI is InChI=1S/C20H22N8O3S/c21-18(29)27-16-9-23-19(32-16)26-15-8-14-13(2-1-5-22-14)17(25-15)24-10-6-11-3-4-12(7-10)28(11)20(30)31/h1-2,5,8-12H,3-4,6-7H2,(H,30,31)(H3,21,27,29)(H2,23,24,25,26). The zero-order valence-corrected chi connectivity index (χ0v) is 17.8. The van der Waals surface area contributed by atoms with Crippen LogP contribution in [0.15, 0.2) is 30.6 Å². The summed E-state index contributed by atoms with van der Waals surface area (Å²) in [6.07, 6.45) is 5.71. The third-order valence-electron chi connectivity index (χ3n) is 5.88. The summed E-state index contributed by atoms with van der Waals surface area (Å²) in [5, 5.41) is 20.7. The number of fused-ring (bicyclic) bond motifs is 3. The molecule has 2 unspecified atom stereocenters. The highest BCUT2D eigenvalue weighted by Crippen LogP contribution is 2.37. The highest BCUT2D eigenvalue weighted by atomic mass is 32.1. The third-order valence-corrected chi connectivity index (χ3v) is 6.71. The van der Waals surface area contributed by atoms with Gasteiger partial charge in [-0.05, 0) is 37.8 Å². The maximum atomic E-state index is 11.6. The number of carbonyl (C=O) groups is 2. The number of piperidine rings is 1. The number of carbonyl (C=O) groups excluding carboxylic acids is 1. The van der Waals surface area contributed by atoms with E-state index in [1.165, 1.54) is 17.5 Å². The molecule has 2 fully saturated rings. The maximum Gasteiger partial charge on any atom is 0.407 e. The summed E-state index contributed by atoms with van der Waals surface area (Å²) in [4.78, 5) is 37.7.